The molecule has 0 aliphatic carbocycles. The molecule has 0 amide bonds. The number of hydrogen-bond donors (Lipinski definition) is 2. The number of fused-ring (bicyclic) bond motifs is 1. The zero-order valence-electron chi connectivity index (χ0n) is 18.3. The second kappa shape index (κ2) is 8.37. The monoisotopic (exact) mass is 464 g/mol. The molecule has 2 aromatic carbocycles. The molecular formula is C24H25ClN6O2. The van der Waals surface area contributed by atoms with Gasteiger partial charge in [0.25, 0.3) is 0 Å². The number of aromatic nitrogens is 4. The van der Waals surface area contributed by atoms with Crippen molar-refractivity contribution < 1.29 is 9.47 Å². The van der Waals surface area contributed by atoms with Crippen LogP contribution in [-0.2, 0) is 4.74 Å². The van der Waals surface area contributed by atoms with Crippen molar-refractivity contribution in [2.45, 2.75) is 18.5 Å². The summed E-state index contributed by atoms with van der Waals surface area (Å²) in [6, 6.07) is 12.8. The quantitative estimate of drug-likeness (QED) is 0.449. The van der Waals surface area contributed by atoms with Crippen LogP contribution in [0, 0.1) is 0 Å². The van der Waals surface area contributed by atoms with Crippen LogP contribution in [0.25, 0.3) is 27.8 Å². The van der Waals surface area contributed by atoms with Crippen LogP contribution in [0.3, 0.4) is 0 Å². The third-order valence-corrected chi connectivity index (χ3v) is 6.87. The number of halogens is 1. The molecule has 2 aliphatic heterocycles. The molecule has 4 heterocycles. The van der Waals surface area contributed by atoms with Crippen molar-refractivity contribution in [3.8, 4) is 22.7 Å². The fourth-order valence-corrected chi connectivity index (χ4v) is 4.80. The maximum absolute atomic E-state index is 6.61. The standard InChI is InChI=1S/C24H25ClN6O2/c1-32-19-4-2-17(3-5-19)31-11-15(10-26-31)24-20-8-23(21(25)9-22(20)28-29-24)27-16-6-7-30(12-16)18-13-33-14-18/h2-5,8-11,16,18,27H,6-7,12-14H2,1H3,(H,28,29)/t16-/m1/s1. The van der Waals surface area contributed by atoms with E-state index < -0.39 is 0 Å². The number of anilines is 1. The third-order valence-electron chi connectivity index (χ3n) is 6.56. The summed E-state index contributed by atoms with van der Waals surface area (Å²) < 4.78 is 12.4. The molecule has 8 nitrogen and oxygen atoms in total. The van der Waals surface area contributed by atoms with Gasteiger partial charge in [-0.3, -0.25) is 10.00 Å². The van der Waals surface area contributed by atoms with Gasteiger partial charge in [0, 0.05) is 36.3 Å². The van der Waals surface area contributed by atoms with Gasteiger partial charge in [0.2, 0.25) is 0 Å². The average Bonchev–Trinajstić information content (AvgIpc) is 3.53. The van der Waals surface area contributed by atoms with Crippen LogP contribution in [0.2, 0.25) is 5.02 Å². The van der Waals surface area contributed by atoms with Crippen molar-refractivity contribution in [1.29, 1.82) is 0 Å². The van der Waals surface area contributed by atoms with Crippen LogP contribution < -0.4 is 10.1 Å². The Hall–Kier alpha value is -3.07. The van der Waals surface area contributed by atoms with E-state index in [0.29, 0.717) is 17.1 Å². The molecule has 2 N–H and O–H groups in total. The van der Waals surface area contributed by atoms with E-state index in [1.807, 2.05) is 47.4 Å². The molecule has 0 unspecified atom stereocenters. The van der Waals surface area contributed by atoms with Crippen molar-refractivity contribution in [3.63, 3.8) is 0 Å². The molecule has 1 atom stereocenters. The van der Waals surface area contributed by atoms with E-state index in [4.69, 9.17) is 21.1 Å². The number of H-pyrrole nitrogens is 1. The lowest BCUT2D eigenvalue weighted by atomic mass is 10.1. The van der Waals surface area contributed by atoms with Crippen molar-refractivity contribution in [2.24, 2.45) is 0 Å². The van der Waals surface area contributed by atoms with E-state index in [1.165, 1.54) is 0 Å². The van der Waals surface area contributed by atoms with Gasteiger partial charge in [0.05, 0.1) is 54.5 Å². The van der Waals surface area contributed by atoms with Crippen molar-refractivity contribution >= 4 is 28.2 Å². The Morgan fingerprint density at radius 1 is 1.21 bits per heavy atom. The summed E-state index contributed by atoms with van der Waals surface area (Å²) in [6.45, 7) is 3.80. The highest BCUT2D eigenvalue weighted by atomic mass is 35.5. The van der Waals surface area contributed by atoms with Crippen LogP contribution in [0.15, 0.2) is 48.8 Å². The highest BCUT2D eigenvalue weighted by molar-refractivity contribution is 6.34. The first-order chi connectivity index (χ1) is 16.2. The minimum atomic E-state index is 0.369. The number of rotatable bonds is 6. The van der Waals surface area contributed by atoms with Crippen LogP contribution in [-0.4, -0.2) is 70.4 Å². The summed E-state index contributed by atoms with van der Waals surface area (Å²) in [5.41, 5.74) is 4.57. The number of ether oxygens (including phenoxy) is 2. The Morgan fingerprint density at radius 2 is 2.06 bits per heavy atom. The first-order valence-corrected chi connectivity index (χ1v) is 11.5. The van der Waals surface area contributed by atoms with Gasteiger partial charge < -0.3 is 14.8 Å². The largest absolute Gasteiger partial charge is 0.497 e. The number of nitrogens with zero attached hydrogens (tertiary/aromatic N) is 4. The number of hydrogen-bond acceptors (Lipinski definition) is 6. The SMILES string of the molecule is COc1ccc(-n2cc(-c3n[nH]c4cc(Cl)c(N[C@@H]5CCN(C6COC6)C5)cc34)cn2)cc1. The predicted octanol–water partition coefficient (Wildman–Crippen LogP) is 3.96. The minimum Gasteiger partial charge on any atom is -0.497 e. The molecule has 6 rings (SSSR count). The fourth-order valence-electron chi connectivity index (χ4n) is 4.58. The summed E-state index contributed by atoms with van der Waals surface area (Å²) >= 11 is 6.61. The summed E-state index contributed by atoms with van der Waals surface area (Å²) in [7, 11) is 1.66. The number of methoxy groups -OCH3 is 1. The Balaban J connectivity index is 1.26. The van der Waals surface area contributed by atoms with E-state index >= 15 is 0 Å². The lowest BCUT2D eigenvalue weighted by molar-refractivity contribution is -0.0571. The van der Waals surface area contributed by atoms with Gasteiger partial charge in [-0.2, -0.15) is 10.2 Å². The van der Waals surface area contributed by atoms with Gasteiger partial charge in [-0.15, -0.1) is 0 Å². The van der Waals surface area contributed by atoms with Crippen LogP contribution >= 0.6 is 11.6 Å². The lowest BCUT2D eigenvalue weighted by Gasteiger charge is -2.34. The van der Waals surface area contributed by atoms with Crippen molar-refractivity contribution in [1.82, 2.24) is 24.9 Å². The normalized spacial score (nSPS) is 19.2. The molecule has 170 valence electrons. The molecule has 33 heavy (non-hydrogen) atoms. The summed E-state index contributed by atoms with van der Waals surface area (Å²) in [6.07, 6.45) is 4.91. The molecule has 0 saturated carbocycles. The van der Waals surface area contributed by atoms with Crippen molar-refractivity contribution in [3.05, 3.63) is 53.8 Å². The maximum atomic E-state index is 6.61. The summed E-state index contributed by atoms with van der Waals surface area (Å²) in [5, 5.41) is 17.6. The molecule has 2 aliphatic rings. The second-order valence-corrected chi connectivity index (χ2v) is 9.04. The molecule has 9 heteroatoms. The predicted molar refractivity (Wildman–Crippen MR) is 128 cm³/mol. The first-order valence-electron chi connectivity index (χ1n) is 11.1. The number of benzene rings is 2. The average molecular weight is 465 g/mol. The smallest absolute Gasteiger partial charge is 0.119 e. The van der Waals surface area contributed by atoms with Gasteiger partial charge >= 0.3 is 0 Å². The Labute approximate surface area is 196 Å². The zero-order valence-corrected chi connectivity index (χ0v) is 19.0. The topological polar surface area (TPSA) is 80.2 Å². The van der Waals surface area contributed by atoms with Crippen molar-refractivity contribution in [2.75, 3.05) is 38.7 Å². The molecule has 2 fully saturated rings. The highest BCUT2D eigenvalue weighted by Crippen LogP contribution is 2.34. The van der Waals surface area contributed by atoms with Crippen LogP contribution in [0.5, 0.6) is 5.75 Å². The Bertz CT molecular complexity index is 1280. The van der Waals surface area contributed by atoms with E-state index in [0.717, 1.165) is 72.0 Å². The first kappa shape index (κ1) is 20.5. The minimum absolute atomic E-state index is 0.369. The van der Waals surface area contributed by atoms with E-state index in [9.17, 15) is 0 Å². The van der Waals surface area contributed by atoms with Crippen LogP contribution in [0.4, 0.5) is 5.69 Å². The van der Waals surface area contributed by atoms with Gasteiger partial charge in [0.15, 0.2) is 0 Å². The molecule has 2 saturated heterocycles. The van der Waals surface area contributed by atoms with E-state index in [-0.39, 0.29) is 0 Å². The number of likely N-dealkylation sites (tertiary alicyclic amines) is 1. The molecule has 0 spiro atoms. The second-order valence-electron chi connectivity index (χ2n) is 8.64. The molecule has 0 bridgehead atoms. The fraction of sp³-hybridized carbons (Fsp3) is 0.333. The number of nitrogens with one attached hydrogen (secondary N) is 2. The molecular weight excluding hydrogens is 440 g/mol. The van der Waals surface area contributed by atoms with E-state index in [1.54, 1.807) is 7.11 Å². The highest BCUT2D eigenvalue weighted by Gasteiger charge is 2.32. The van der Waals surface area contributed by atoms with Gasteiger partial charge in [-0.1, -0.05) is 11.6 Å². The summed E-state index contributed by atoms with van der Waals surface area (Å²) in [5.74, 6) is 0.813. The maximum Gasteiger partial charge on any atom is 0.119 e. The zero-order chi connectivity index (χ0) is 22.4. The number of aromatic amines is 1. The Kier molecular flexibility index (Phi) is 5.21. The van der Waals surface area contributed by atoms with Gasteiger partial charge in [-0.05, 0) is 42.8 Å². The summed E-state index contributed by atoms with van der Waals surface area (Å²) in [4.78, 5) is 2.50. The van der Waals surface area contributed by atoms with E-state index in [2.05, 4.69) is 31.6 Å². The third kappa shape index (κ3) is 3.84. The Morgan fingerprint density at radius 3 is 2.82 bits per heavy atom. The van der Waals surface area contributed by atoms with Gasteiger partial charge in [-0.25, -0.2) is 4.68 Å². The molecule has 4 aromatic rings. The van der Waals surface area contributed by atoms with Gasteiger partial charge in [0.1, 0.15) is 11.4 Å². The molecule has 2 aromatic heterocycles. The molecule has 0 radical (unpaired) electrons. The van der Waals surface area contributed by atoms with Crippen LogP contribution in [0.1, 0.15) is 6.42 Å². The lowest BCUT2D eigenvalue weighted by Crippen LogP contribution is -2.48.